The van der Waals surface area contributed by atoms with Crippen molar-refractivity contribution in [3.63, 3.8) is 0 Å². The summed E-state index contributed by atoms with van der Waals surface area (Å²) >= 11 is 0. The Morgan fingerprint density at radius 3 is 2.62 bits per heavy atom. The first-order valence-corrected chi connectivity index (χ1v) is 3.32. The van der Waals surface area contributed by atoms with E-state index in [1.165, 1.54) is 12.3 Å². The Bertz CT molecular complexity index is 356. The van der Waals surface area contributed by atoms with Crippen molar-refractivity contribution in [2.24, 2.45) is 22.2 Å². The third kappa shape index (κ3) is 2.40. The van der Waals surface area contributed by atoms with Crippen molar-refractivity contribution in [1.82, 2.24) is 9.97 Å². The average Bonchev–Trinajstić information content (AvgIpc) is 2.03. The van der Waals surface area contributed by atoms with Crippen LogP contribution in [0.2, 0.25) is 0 Å². The van der Waals surface area contributed by atoms with E-state index in [0.717, 1.165) is 0 Å². The lowest BCUT2D eigenvalue weighted by molar-refractivity contribution is 0.0995. The SMILES string of the molecule is NC(=O)c1ccnc(N=C(N)N)n1. The Hall–Kier alpha value is -2.18. The van der Waals surface area contributed by atoms with Gasteiger partial charge in [-0.25, -0.2) is 9.97 Å². The van der Waals surface area contributed by atoms with Gasteiger partial charge in [0.2, 0.25) is 0 Å². The molecule has 1 heterocycles. The first-order chi connectivity index (χ1) is 6.09. The van der Waals surface area contributed by atoms with Crippen LogP contribution in [0.15, 0.2) is 17.3 Å². The van der Waals surface area contributed by atoms with Gasteiger partial charge in [0, 0.05) is 6.20 Å². The largest absolute Gasteiger partial charge is 0.370 e. The van der Waals surface area contributed by atoms with Crippen LogP contribution in [0.3, 0.4) is 0 Å². The highest BCUT2D eigenvalue weighted by Crippen LogP contribution is 2.02. The van der Waals surface area contributed by atoms with Crippen LogP contribution in [0.4, 0.5) is 5.95 Å². The number of amides is 1. The van der Waals surface area contributed by atoms with Gasteiger partial charge in [0.05, 0.1) is 0 Å². The maximum absolute atomic E-state index is 10.7. The number of rotatable bonds is 2. The van der Waals surface area contributed by atoms with Gasteiger partial charge >= 0.3 is 0 Å². The molecule has 1 aromatic heterocycles. The van der Waals surface area contributed by atoms with Gasteiger partial charge in [0.25, 0.3) is 11.9 Å². The number of guanidine groups is 1. The van der Waals surface area contributed by atoms with E-state index in [1.807, 2.05) is 0 Å². The fraction of sp³-hybridized carbons (Fsp3) is 0. The van der Waals surface area contributed by atoms with Crippen molar-refractivity contribution >= 4 is 17.8 Å². The van der Waals surface area contributed by atoms with E-state index in [4.69, 9.17) is 17.2 Å². The van der Waals surface area contributed by atoms with Gasteiger partial charge in [-0.3, -0.25) is 4.79 Å². The molecule has 0 radical (unpaired) electrons. The molecule has 0 aliphatic carbocycles. The lowest BCUT2D eigenvalue weighted by Gasteiger charge is -1.95. The molecule has 7 heteroatoms. The number of nitrogens with two attached hydrogens (primary N) is 3. The summed E-state index contributed by atoms with van der Waals surface area (Å²) in [6, 6.07) is 1.37. The Balaban J connectivity index is 3.06. The molecule has 0 aliphatic rings. The number of aromatic nitrogens is 2. The van der Waals surface area contributed by atoms with Crippen LogP contribution in [0.25, 0.3) is 0 Å². The monoisotopic (exact) mass is 180 g/mol. The summed E-state index contributed by atoms with van der Waals surface area (Å²) in [7, 11) is 0. The fourth-order valence-electron chi connectivity index (χ4n) is 0.655. The molecule has 0 unspecified atom stereocenters. The normalized spacial score (nSPS) is 9.23. The molecule has 6 N–H and O–H groups in total. The molecule has 0 spiro atoms. The van der Waals surface area contributed by atoms with E-state index in [9.17, 15) is 4.79 Å². The second kappa shape index (κ2) is 3.48. The average molecular weight is 180 g/mol. The maximum Gasteiger partial charge on any atom is 0.267 e. The number of aliphatic imine (C=N–C) groups is 1. The molecular formula is C6H8N6O. The van der Waals surface area contributed by atoms with E-state index >= 15 is 0 Å². The molecule has 0 aromatic carbocycles. The predicted octanol–water partition coefficient (Wildman–Crippen LogP) is -1.52. The van der Waals surface area contributed by atoms with Crippen molar-refractivity contribution < 1.29 is 4.79 Å². The summed E-state index contributed by atoms with van der Waals surface area (Å²) < 4.78 is 0. The molecule has 13 heavy (non-hydrogen) atoms. The van der Waals surface area contributed by atoms with Crippen LogP contribution in [-0.2, 0) is 0 Å². The molecule has 0 saturated heterocycles. The topological polar surface area (TPSA) is 133 Å². The second-order valence-corrected chi connectivity index (χ2v) is 2.14. The molecule has 1 rings (SSSR count). The van der Waals surface area contributed by atoms with Gasteiger partial charge in [-0.2, -0.15) is 4.99 Å². The highest BCUT2D eigenvalue weighted by atomic mass is 16.1. The minimum Gasteiger partial charge on any atom is -0.370 e. The molecule has 0 fully saturated rings. The molecular weight excluding hydrogens is 172 g/mol. The van der Waals surface area contributed by atoms with E-state index in [0.29, 0.717) is 0 Å². The summed E-state index contributed by atoms with van der Waals surface area (Å²) in [4.78, 5) is 21.6. The number of carbonyl (C=O) groups excluding carboxylic acids is 1. The van der Waals surface area contributed by atoms with Gasteiger partial charge in [-0.05, 0) is 6.07 Å². The van der Waals surface area contributed by atoms with Gasteiger partial charge in [-0.1, -0.05) is 0 Å². The minimum absolute atomic E-state index is 0.0105. The van der Waals surface area contributed by atoms with Gasteiger partial charge in [0.15, 0.2) is 5.96 Å². The zero-order chi connectivity index (χ0) is 9.84. The lowest BCUT2D eigenvalue weighted by atomic mass is 10.4. The van der Waals surface area contributed by atoms with Gasteiger partial charge in [0.1, 0.15) is 5.69 Å². The quantitative estimate of drug-likeness (QED) is 0.375. The first kappa shape index (κ1) is 8.91. The molecule has 0 bridgehead atoms. The molecule has 68 valence electrons. The minimum atomic E-state index is -0.658. The number of hydrogen-bond acceptors (Lipinski definition) is 4. The Morgan fingerprint density at radius 2 is 2.08 bits per heavy atom. The molecule has 0 saturated carbocycles. The third-order valence-electron chi connectivity index (χ3n) is 1.12. The van der Waals surface area contributed by atoms with Crippen molar-refractivity contribution in [1.29, 1.82) is 0 Å². The fourth-order valence-corrected chi connectivity index (χ4v) is 0.655. The van der Waals surface area contributed by atoms with Crippen molar-refractivity contribution in [2.75, 3.05) is 0 Å². The number of primary amides is 1. The predicted molar refractivity (Wildman–Crippen MR) is 46.0 cm³/mol. The Kier molecular flexibility index (Phi) is 2.38. The highest BCUT2D eigenvalue weighted by Gasteiger charge is 2.02. The van der Waals surface area contributed by atoms with Crippen LogP contribution >= 0.6 is 0 Å². The van der Waals surface area contributed by atoms with Crippen LogP contribution in [-0.4, -0.2) is 21.8 Å². The zero-order valence-electron chi connectivity index (χ0n) is 6.64. The standard InChI is InChI=1S/C6H8N6O/c7-4(13)3-1-2-10-6(11-3)12-5(8)9/h1-2H,(H2,7,13)(H4,8,9,10,11,12). The Labute approximate surface area is 73.7 Å². The third-order valence-corrected chi connectivity index (χ3v) is 1.12. The summed E-state index contributed by atoms with van der Waals surface area (Å²) in [6.45, 7) is 0. The van der Waals surface area contributed by atoms with Crippen LogP contribution in [0.1, 0.15) is 10.5 Å². The summed E-state index contributed by atoms with van der Waals surface area (Å²) in [5.41, 5.74) is 15.2. The van der Waals surface area contributed by atoms with Gasteiger partial charge in [-0.15, -0.1) is 0 Å². The van der Waals surface area contributed by atoms with Crippen LogP contribution in [0.5, 0.6) is 0 Å². The number of hydrogen-bond donors (Lipinski definition) is 3. The highest BCUT2D eigenvalue weighted by molar-refractivity contribution is 5.90. The summed E-state index contributed by atoms with van der Waals surface area (Å²) in [5.74, 6) is -0.827. The van der Waals surface area contributed by atoms with Gasteiger partial charge < -0.3 is 17.2 Å². The van der Waals surface area contributed by atoms with Crippen LogP contribution in [0, 0.1) is 0 Å². The first-order valence-electron chi connectivity index (χ1n) is 3.32. The van der Waals surface area contributed by atoms with Crippen molar-refractivity contribution in [3.05, 3.63) is 18.0 Å². The summed E-state index contributed by atoms with van der Waals surface area (Å²) in [5, 5.41) is 0. The number of carbonyl (C=O) groups is 1. The zero-order valence-corrected chi connectivity index (χ0v) is 6.64. The lowest BCUT2D eigenvalue weighted by Crippen LogP contribution is -2.22. The molecule has 0 atom stereocenters. The summed E-state index contributed by atoms with van der Waals surface area (Å²) in [6.07, 6.45) is 1.34. The molecule has 1 amide bonds. The van der Waals surface area contributed by atoms with Crippen molar-refractivity contribution in [2.45, 2.75) is 0 Å². The van der Waals surface area contributed by atoms with E-state index in [1.54, 1.807) is 0 Å². The maximum atomic E-state index is 10.7. The van der Waals surface area contributed by atoms with E-state index < -0.39 is 5.91 Å². The smallest absolute Gasteiger partial charge is 0.267 e. The molecule has 1 aromatic rings. The van der Waals surface area contributed by atoms with E-state index in [2.05, 4.69) is 15.0 Å². The van der Waals surface area contributed by atoms with Crippen molar-refractivity contribution in [3.8, 4) is 0 Å². The van der Waals surface area contributed by atoms with E-state index in [-0.39, 0.29) is 17.6 Å². The molecule has 7 nitrogen and oxygen atoms in total. The number of nitrogens with zero attached hydrogens (tertiary/aromatic N) is 3. The molecule has 0 aliphatic heterocycles. The van der Waals surface area contributed by atoms with Crippen LogP contribution < -0.4 is 17.2 Å². The Morgan fingerprint density at radius 1 is 1.38 bits per heavy atom. The second-order valence-electron chi connectivity index (χ2n) is 2.14.